The Morgan fingerprint density at radius 3 is 2.41 bits per heavy atom. The molecule has 116 valence electrons. The average Bonchev–Trinajstić information content (AvgIpc) is 2.53. The first-order chi connectivity index (χ1) is 10.6. The van der Waals surface area contributed by atoms with Crippen LogP contribution in [-0.2, 0) is 11.2 Å². The van der Waals surface area contributed by atoms with E-state index in [-0.39, 0.29) is 18.5 Å². The summed E-state index contributed by atoms with van der Waals surface area (Å²) in [6, 6.07) is 15.8. The minimum atomic E-state index is -0.0260. The van der Waals surface area contributed by atoms with E-state index in [2.05, 4.69) is 12.1 Å². The van der Waals surface area contributed by atoms with Crippen molar-refractivity contribution in [3.63, 3.8) is 0 Å². The van der Waals surface area contributed by atoms with E-state index in [1.165, 1.54) is 5.56 Å². The molecule has 0 aliphatic heterocycles. The molecule has 2 aromatic rings. The van der Waals surface area contributed by atoms with Crippen molar-refractivity contribution in [1.82, 2.24) is 0 Å². The van der Waals surface area contributed by atoms with Crippen LogP contribution in [-0.4, -0.2) is 25.6 Å². The molecule has 3 nitrogen and oxygen atoms in total. The van der Waals surface area contributed by atoms with E-state index in [9.17, 15) is 4.79 Å². The smallest absolute Gasteiger partial charge is 0.188 e. The molecule has 0 atom stereocenters. The maximum absolute atomic E-state index is 12.2. The van der Waals surface area contributed by atoms with E-state index in [4.69, 9.17) is 9.47 Å². The summed E-state index contributed by atoms with van der Waals surface area (Å²) in [4.78, 5) is 12.2. The van der Waals surface area contributed by atoms with Crippen molar-refractivity contribution in [3.05, 3.63) is 65.2 Å². The number of rotatable bonds is 7. The third-order valence-electron chi connectivity index (χ3n) is 3.32. The highest BCUT2D eigenvalue weighted by Crippen LogP contribution is 2.20. The quantitative estimate of drug-likeness (QED) is 0.727. The van der Waals surface area contributed by atoms with Gasteiger partial charge in [0, 0.05) is 5.56 Å². The number of methoxy groups -OCH3 is 1. The van der Waals surface area contributed by atoms with Crippen molar-refractivity contribution in [3.8, 4) is 5.75 Å². The summed E-state index contributed by atoms with van der Waals surface area (Å²) in [5, 5.41) is 0. The van der Waals surface area contributed by atoms with E-state index in [1.54, 1.807) is 13.2 Å². The monoisotopic (exact) mass is 298 g/mol. The lowest BCUT2D eigenvalue weighted by Crippen LogP contribution is -2.13. The number of carbonyl (C=O) groups excluding carboxylic acids is 1. The van der Waals surface area contributed by atoms with Gasteiger partial charge in [-0.2, -0.15) is 0 Å². The summed E-state index contributed by atoms with van der Waals surface area (Å²) in [5.74, 6) is 0.670. The topological polar surface area (TPSA) is 35.5 Å². The van der Waals surface area contributed by atoms with Crippen LogP contribution < -0.4 is 4.74 Å². The van der Waals surface area contributed by atoms with E-state index in [1.807, 2.05) is 44.2 Å². The number of benzene rings is 2. The SMILES string of the molecule is COc1cc(Cc2ccccc2)cc(C(=O)COC(C)C)c1. The van der Waals surface area contributed by atoms with Crippen LogP contribution in [0.5, 0.6) is 5.75 Å². The molecule has 3 heteroatoms. The molecule has 0 saturated carbocycles. The third-order valence-corrected chi connectivity index (χ3v) is 3.32. The highest BCUT2D eigenvalue weighted by Gasteiger charge is 2.11. The summed E-state index contributed by atoms with van der Waals surface area (Å²) in [6.45, 7) is 3.93. The second kappa shape index (κ2) is 7.76. The zero-order valence-electron chi connectivity index (χ0n) is 13.3. The first-order valence-electron chi connectivity index (χ1n) is 7.45. The Labute approximate surface area is 131 Å². The van der Waals surface area contributed by atoms with Gasteiger partial charge in [-0.05, 0) is 49.6 Å². The molecule has 0 spiro atoms. The molecule has 0 saturated heterocycles. The fourth-order valence-electron chi connectivity index (χ4n) is 2.20. The summed E-state index contributed by atoms with van der Waals surface area (Å²) in [6.07, 6.45) is 0.807. The first kappa shape index (κ1) is 16.2. The van der Waals surface area contributed by atoms with Crippen LogP contribution in [0.4, 0.5) is 0 Å². The van der Waals surface area contributed by atoms with Crippen molar-refractivity contribution < 1.29 is 14.3 Å². The van der Waals surface area contributed by atoms with Crippen LogP contribution in [0.15, 0.2) is 48.5 Å². The van der Waals surface area contributed by atoms with Crippen LogP contribution in [0.2, 0.25) is 0 Å². The van der Waals surface area contributed by atoms with E-state index in [0.717, 1.165) is 12.0 Å². The molecule has 2 rings (SSSR count). The van der Waals surface area contributed by atoms with Crippen LogP contribution in [0.1, 0.15) is 35.3 Å². The van der Waals surface area contributed by atoms with Gasteiger partial charge in [-0.25, -0.2) is 0 Å². The Bertz CT molecular complexity index is 618. The molecule has 0 aromatic heterocycles. The van der Waals surface area contributed by atoms with Gasteiger partial charge in [0.2, 0.25) is 0 Å². The van der Waals surface area contributed by atoms with E-state index < -0.39 is 0 Å². The average molecular weight is 298 g/mol. The van der Waals surface area contributed by atoms with Crippen LogP contribution in [0.3, 0.4) is 0 Å². The maximum atomic E-state index is 12.2. The van der Waals surface area contributed by atoms with Crippen molar-refractivity contribution in [2.24, 2.45) is 0 Å². The molecule has 0 N–H and O–H groups in total. The lowest BCUT2D eigenvalue weighted by molar-refractivity contribution is 0.0584. The van der Waals surface area contributed by atoms with Crippen molar-refractivity contribution in [2.45, 2.75) is 26.4 Å². The van der Waals surface area contributed by atoms with E-state index >= 15 is 0 Å². The number of hydrogen-bond acceptors (Lipinski definition) is 3. The Morgan fingerprint density at radius 2 is 1.77 bits per heavy atom. The standard InChI is InChI=1S/C19H22O3/c1-14(2)22-13-19(20)17-10-16(11-18(12-17)21-3)9-15-7-5-4-6-8-15/h4-8,10-12,14H,9,13H2,1-3H3. The maximum Gasteiger partial charge on any atom is 0.188 e. The zero-order chi connectivity index (χ0) is 15.9. The normalized spacial score (nSPS) is 10.7. The molecule has 0 amide bonds. The van der Waals surface area contributed by atoms with Gasteiger partial charge < -0.3 is 9.47 Å². The second-order valence-electron chi connectivity index (χ2n) is 5.52. The van der Waals surface area contributed by atoms with Crippen LogP contribution in [0, 0.1) is 0 Å². The number of ether oxygens (including phenoxy) is 2. The first-order valence-corrected chi connectivity index (χ1v) is 7.45. The lowest BCUT2D eigenvalue weighted by Gasteiger charge is -2.10. The predicted molar refractivity (Wildman–Crippen MR) is 87.7 cm³/mol. The Balaban J connectivity index is 2.20. The summed E-state index contributed by atoms with van der Waals surface area (Å²) in [5.41, 5.74) is 2.89. The minimum Gasteiger partial charge on any atom is -0.497 e. The highest BCUT2D eigenvalue weighted by atomic mass is 16.5. The van der Waals surface area contributed by atoms with Crippen LogP contribution in [0.25, 0.3) is 0 Å². The molecule has 0 heterocycles. The number of Topliss-reactive ketones (excluding diaryl/α,β-unsaturated/α-hetero) is 1. The van der Waals surface area contributed by atoms with Gasteiger partial charge in [0.25, 0.3) is 0 Å². The second-order valence-corrected chi connectivity index (χ2v) is 5.52. The zero-order valence-corrected chi connectivity index (χ0v) is 13.3. The number of hydrogen-bond donors (Lipinski definition) is 0. The fourth-order valence-corrected chi connectivity index (χ4v) is 2.20. The number of ketones is 1. The molecule has 2 aromatic carbocycles. The lowest BCUT2D eigenvalue weighted by atomic mass is 10.0. The molecule has 22 heavy (non-hydrogen) atoms. The molecule has 0 aliphatic rings. The molecular formula is C19H22O3. The van der Waals surface area contributed by atoms with Gasteiger partial charge in [0.05, 0.1) is 13.2 Å². The molecule has 0 fully saturated rings. The predicted octanol–water partition coefficient (Wildman–Crippen LogP) is 3.89. The molecule has 0 aliphatic carbocycles. The van der Waals surface area contributed by atoms with Crippen LogP contribution >= 0.6 is 0 Å². The van der Waals surface area contributed by atoms with Crippen molar-refractivity contribution in [1.29, 1.82) is 0 Å². The van der Waals surface area contributed by atoms with Gasteiger partial charge in [0.1, 0.15) is 12.4 Å². The highest BCUT2D eigenvalue weighted by molar-refractivity contribution is 5.97. The molecule has 0 radical (unpaired) electrons. The van der Waals surface area contributed by atoms with Gasteiger partial charge in [-0.1, -0.05) is 30.3 Å². The third kappa shape index (κ3) is 4.71. The number of carbonyl (C=O) groups is 1. The fraction of sp³-hybridized carbons (Fsp3) is 0.316. The molecule has 0 unspecified atom stereocenters. The van der Waals surface area contributed by atoms with Crippen molar-refractivity contribution >= 4 is 5.78 Å². The molecular weight excluding hydrogens is 276 g/mol. The molecule has 0 bridgehead atoms. The Kier molecular flexibility index (Phi) is 5.73. The Morgan fingerprint density at radius 1 is 1.05 bits per heavy atom. The van der Waals surface area contributed by atoms with Gasteiger partial charge in [-0.15, -0.1) is 0 Å². The van der Waals surface area contributed by atoms with Crippen molar-refractivity contribution in [2.75, 3.05) is 13.7 Å². The van der Waals surface area contributed by atoms with Gasteiger partial charge in [0.15, 0.2) is 5.78 Å². The van der Waals surface area contributed by atoms with E-state index in [0.29, 0.717) is 11.3 Å². The van der Waals surface area contributed by atoms with Gasteiger partial charge in [-0.3, -0.25) is 4.79 Å². The minimum absolute atomic E-state index is 0.0260. The summed E-state index contributed by atoms with van der Waals surface area (Å²) < 4.78 is 10.7. The largest absolute Gasteiger partial charge is 0.497 e. The summed E-state index contributed by atoms with van der Waals surface area (Å²) in [7, 11) is 1.61. The summed E-state index contributed by atoms with van der Waals surface area (Å²) >= 11 is 0. The van der Waals surface area contributed by atoms with Gasteiger partial charge >= 0.3 is 0 Å². The Hall–Kier alpha value is -2.13.